The molecule has 0 heterocycles. The highest BCUT2D eigenvalue weighted by atomic mass is 79.9. The van der Waals surface area contributed by atoms with Crippen molar-refractivity contribution in [2.24, 2.45) is 5.41 Å². The average Bonchev–Trinajstić information content (AvgIpc) is 2.30. The molecule has 0 saturated carbocycles. The molecule has 1 amide bonds. The second-order valence-electron chi connectivity index (χ2n) is 4.72. The number of amides is 1. The van der Waals surface area contributed by atoms with Crippen LogP contribution in [0.4, 0.5) is 5.69 Å². The molecule has 1 rings (SSSR count). The van der Waals surface area contributed by atoms with E-state index in [1.165, 1.54) is 13.8 Å². The van der Waals surface area contributed by atoms with E-state index in [1.807, 2.05) is 6.07 Å². The van der Waals surface area contributed by atoms with Gasteiger partial charge >= 0.3 is 5.97 Å². The van der Waals surface area contributed by atoms with Crippen LogP contribution in [0.3, 0.4) is 0 Å². The highest BCUT2D eigenvalue weighted by Crippen LogP contribution is 2.26. The van der Waals surface area contributed by atoms with E-state index < -0.39 is 17.3 Å². The molecule has 0 unspecified atom stereocenters. The number of rotatable bonds is 4. The van der Waals surface area contributed by atoms with E-state index in [1.54, 1.807) is 18.2 Å². The molecule has 0 saturated heterocycles. The van der Waals surface area contributed by atoms with Gasteiger partial charge in [0.15, 0.2) is 0 Å². The number of hydrogen-bond acceptors (Lipinski definition) is 3. The fraction of sp³-hybridized carbons (Fsp3) is 0.308. The van der Waals surface area contributed by atoms with E-state index in [0.717, 1.165) is 0 Å². The summed E-state index contributed by atoms with van der Waals surface area (Å²) in [6.07, 6.45) is -0.130. The third-order valence-electron chi connectivity index (χ3n) is 2.55. The topological polar surface area (TPSA) is 90.2 Å². The van der Waals surface area contributed by atoms with Gasteiger partial charge in [-0.2, -0.15) is 5.26 Å². The number of carboxylic acids is 1. The third kappa shape index (κ3) is 4.07. The third-order valence-corrected chi connectivity index (χ3v) is 3.21. The fourth-order valence-corrected chi connectivity index (χ4v) is 1.84. The first-order valence-corrected chi connectivity index (χ1v) is 6.28. The molecule has 0 radical (unpaired) electrons. The molecule has 1 aromatic carbocycles. The molecule has 0 fully saturated rings. The maximum Gasteiger partial charge on any atom is 0.309 e. The molecule has 1 aromatic rings. The van der Waals surface area contributed by atoms with Crippen molar-refractivity contribution in [3.05, 3.63) is 28.2 Å². The lowest BCUT2D eigenvalue weighted by molar-refractivity contribution is -0.148. The van der Waals surface area contributed by atoms with Crippen molar-refractivity contribution >= 4 is 33.5 Å². The van der Waals surface area contributed by atoms with Crippen LogP contribution in [-0.4, -0.2) is 17.0 Å². The van der Waals surface area contributed by atoms with Crippen molar-refractivity contribution in [1.82, 2.24) is 0 Å². The van der Waals surface area contributed by atoms with Gasteiger partial charge in [0.05, 0.1) is 22.7 Å². The normalized spacial score (nSPS) is 10.6. The Bertz CT molecular complexity index is 561. The molecule has 0 bridgehead atoms. The number of nitriles is 1. The minimum absolute atomic E-state index is 0.130. The number of benzene rings is 1. The van der Waals surface area contributed by atoms with Crippen molar-refractivity contribution in [3.63, 3.8) is 0 Å². The zero-order chi connectivity index (χ0) is 14.6. The van der Waals surface area contributed by atoms with E-state index in [9.17, 15) is 9.59 Å². The molecule has 100 valence electrons. The summed E-state index contributed by atoms with van der Waals surface area (Å²) >= 11 is 3.24. The molecule has 0 spiro atoms. The van der Waals surface area contributed by atoms with Gasteiger partial charge in [0.1, 0.15) is 0 Å². The monoisotopic (exact) mass is 324 g/mol. The number of aliphatic carboxylic acids is 1. The predicted molar refractivity (Wildman–Crippen MR) is 73.5 cm³/mol. The molecule has 0 aliphatic carbocycles. The summed E-state index contributed by atoms with van der Waals surface area (Å²) in [6, 6.07) is 6.73. The lowest BCUT2D eigenvalue weighted by Gasteiger charge is -2.18. The number of halogens is 1. The zero-order valence-electron chi connectivity index (χ0n) is 10.5. The quantitative estimate of drug-likeness (QED) is 0.890. The lowest BCUT2D eigenvalue weighted by Crippen LogP contribution is -2.29. The van der Waals surface area contributed by atoms with Gasteiger partial charge in [-0.25, -0.2) is 0 Å². The van der Waals surface area contributed by atoms with E-state index in [2.05, 4.69) is 21.2 Å². The Balaban J connectivity index is 2.79. The number of carbonyl (C=O) groups excluding carboxylic acids is 1. The first kappa shape index (κ1) is 15.2. The van der Waals surface area contributed by atoms with Crippen molar-refractivity contribution < 1.29 is 14.7 Å². The Morgan fingerprint density at radius 3 is 2.58 bits per heavy atom. The molecule has 19 heavy (non-hydrogen) atoms. The minimum atomic E-state index is -1.12. The second-order valence-corrected chi connectivity index (χ2v) is 5.57. The van der Waals surface area contributed by atoms with Crippen molar-refractivity contribution in [1.29, 1.82) is 5.26 Å². The molecule has 0 aliphatic heterocycles. The summed E-state index contributed by atoms with van der Waals surface area (Å²) in [5, 5.41) is 20.3. The fourth-order valence-electron chi connectivity index (χ4n) is 1.36. The summed E-state index contributed by atoms with van der Waals surface area (Å²) in [6.45, 7) is 2.98. The summed E-state index contributed by atoms with van der Waals surface area (Å²) in [5.41, 5.74) is -0.149. The zero-order valence-corrected chi connectivity index (χ0v) is 12.1. The van der Waals surface area contributed by atoms with Crippen molar-refractivity contribution in [3.8, 4) is 6.07 Å². The Morgan fingerprint density at radius 2 is 2.11 bits per heavy atom. The van der Waals surface area contributed by atoms with Crippen LogP contribution in [0.15, 0.2) is 22.7 Å². The van der Waals surface area contributed by atoms with Crippen molar-refractivity contribution in [2.75, 3.05) is 5.32 Å². The first-order valence-electron chi connectivity index (χ1n) is 5.49. The van der Waals surface area contributed by atoms with Crippen LogP contribution in [0, 0.1) is 16.7 Å². The van der Waals surface area contributed by atoms with Gasteiger partial charge in [0.2, 0.25) is 5.91 Å². The second kappa shape index (κ2) is 5.85. The predicted octanol–water partition coefficient (Wildman–Crippen LogP) is 2.76. The highest BCUT2D eigenvalue weighted by molar-refractivity contribution is 9.10. The molecule has 0 aliphatic rings. The lowest BCUT2D eigenvalue weighted by atomic mass is 9.89. The average molecular weight is 325 g/mol. The molecule has 0 atom stereocenters. The smallest absolute Gasteiger partial charge is 0.309 e. The molecule has 5 nitrogen and oxygen atoms in total. The number of nitrogens with zero attached hydrogens (tertiary/aromatic N) is 1. The van der Waals surface area contributed by atoms with Crippen molar-refractivity contribution in [2.45, 2.75) is 20.3 Å². The minimum Gasteiger partial charge on any atom is -0.481 e. The first-order chi connectivity index (χ1) is 8.76. The van der Waals surface area contributed by atoms with E-state index in [-0.39, 0.29) is 6.42 Å². The molecule has 2 N–H and O–H groups in total. The van der Waals surface area contributed by atoms with Gasteiger partial charge in [0.25, 0.3) is 0 Å². The number of nitrogens with one attached hydrogen (secondary N) is 1. The summed E-state index contributed by atoms with van der Waals surface area (Å²) < 4.78 is 0.577. The summed E-state index contributed by atoms with van der Waals surface area (Å²) in [4.78, 5) is 22.7. The maximum atomic E-state index is 11.8. The van der Waals surface area contributed by atoms with Gasteiger partial charge in [-0.1, -0.05) is 0 Å². The Labute approximate surface area is 119 Å². The molecule has 0 aromatic heterocycles. The van der Waals surface area contributed by atoms with Gasteiger partial charge < -0.3 is 10.4 Å². The van der Waals surface area contributed by atoms with Crippen LogP contribution < -0.4 is 5.32 Å². The van der Waals surface area contributed by atoms with Gasteiger partial charge in [-0.3, -0.25) is 9.59 Å². The summed E-state index contributed by atoms with van der Waals surface area (Å²) in [7, 11) is 0. The number of carbonyl (C=O) groups is 2. The SMILES string of the molecule is CC(C)(CC(=O)Nc1ccc(C#N)cc1Br)C(=O)O. The van der Waals surface area contributed by atoms with Crippen LogP contribution in [0.25, 0.3) is 0 Å². The standard InChI is InChI=1S/C13H13BrN2O3/c1-13(2,12(18)19)6-11(17)16-10-4-3-8(7-15)5-9(10)14/h3-5H,6H2,1-2H3,(H,16,17)(H,18,19). The molecular formula is C13H13BrN2O3. The van der Waals surface area contributed by atoms with Crippen LogP contribution in [-0.2, 0) is 9.59 Å². The highest BCUT2D eigenvalue weighted by Gasteiger charge is 2.30. The van der Waals surface area contributed by atoms with Crippen LogP contribution in [0.2, 0.25) is 0 Å². The molecule has 6 heteroatoms. The summed E-state index contributed by atoms with van der Waals surface area (Å²) in [5.74, 6) is -1.42. The Kier molecular flexibility index (Phi) is 4.67. The van der Waals surface area contributed by atoms with Gasteiger partial charge in [-0.15, -0.1) is 0 Å². The Morgan fingerprint density at radius 1 is 1.47 bits per heavy atom. The number of carboxylic acid groups (broad SMARTS) is 1. The Hall–Kier alpha value is -1.87. The van der Waals surface area contributed by atoms with E-state index >= 15 is 0 Å². The largest absolute Gasteiger partial charge is 0.481 e. The number of anilines is 1. The van der Waals surface area contributed by atoms with Crippen LogP contribution in [0.1, 0.15) is 25.8 Å². The van der Waals surface area contributed by atoms with Gasteiger partial charge in [0, 0.05) is 10.9 Å². The van der Waals surface area contributed by atoms with Crippen LogP contribution in [0.5, 0.6) is 0 Å². The van der Waals surface area contributed by atoms with E-state index in [4.69, 9.17) is 10.4 Å². The van der Waals surface area contributed by atoms with Crippen LogP contribution >= 0.6 is 15.9 Å². The maximum absolute atomic E-state index is 11.8. The number of hydrogen-bond donors (Lipinski definition) is 2. The van der Waals surface area contributed by atoms with E-state index in [0.29, 0.717) is 15.7 Å². The molecular weight excluding hydrogens is 312 g/mol. The van der Waals surface area contributed by atoms with Gasteiger partial charge in [-0.05, 0) is 48.0 Å².